The van der Waals surface area contributed by atoms with Crippen LogP contribution in [-0.2, 0) is 19.0 Å². The van der Waals surface area contributed by atoms with E-state index in [1.54, 1.807) is 0 Å². The first-order chi connectivity index (χ1) is 10.1. The van der Waals surface area contributed by atoms with Crippen molar-refractivity contribution in [3.8, 4) is 0 Å². The molecule has 0 aliphatic carbocycles. The lowest BCUT2D eigenvalue weighted by Gasteiger charge is -2.26. The van der Waals surface area contributed by atoms with E-state index in [4.69, 9.17) is 19.9 Å². The molecule has 0 saturated carbocycles. The highest BCUT2D eigenvalue weighted by Crippen LogP contribution is 2.25. The lowest BCUT2D eigenvalue weighted by molar-refractivity contribution is -0.150. The highest BCUT2D eigenvalue weighted by Gasteiger charge is 2.34. The molecule has 0 fully saturated rings. The zero-order valence-electron chi connectivity index (χ0n) is 13.4. The van der Waals surface area contributed by atoms with Crippen molar-refractivity contribution >= 4 is 5.97 Å². The number of rotatable bonds is 15. The molecule has 0 aliphatic heterocycles. The molecule has 6 nitrogen and oxygen atoms in total. The fourth-order valence-electron chi connectivity index (χ4n) is 1.82. The van der Waals surface area contributed by atoms with Crippen LogP contribution in [0, 0.1) is 5.41 Å². The third kappa shape index (κ3) is 9.03. The van der Waals surface area contributed by atoms with Crippen LogP contribution in [0.3, 0.4) is 0 Å². The smallest absolute Gasteiger partial charge is 0.310 e. The maximum absolute atomic E-state index is 11.2. The van der Waals surface area contributed by atoms with Crippen molar-refractivity contribution in [1.29, 1.82) is 0 Å². The maximum atomic E-state index is 11.2. The van der Waals surface area contributed by atoms with Gasteiger partial charge in [0.15, 0.2) is 0 Å². The first kappa shape index (κ1) is 20.3. The predicted octanol–water partition coefficient (Wildman–Crippen LogP) is 1.67. The van der Waals surface area contributed by atoms with Gasteiger partial charge in [-0.2, -0.15) is 0 Å². The summed E-state index contributed by atoms with van der Waals surface area (Å²) < 4.78 is 16.1. The fourth-order valence-corrected chi connectivity index (χ4v) is 1.82. The minimum atomic E-state index is -0.867. The van der Waals surface area contributed by atoms with E-state index in [1.807, 2.05) is 6.92 Å². The number of ether oxygens (including phenoxy) is 3. The van der Waals surface area contributed by atoms with E-state index < -0.39 is 11.4 Å². The van der Waals surface area contributed by atoms with Gasteiger partial charge in [-0.25, -0.2) is 0 Å². The van der Waals surface area contributed by atoms with Gasteiger partial charge < -0.3 is 25.1 Å². The highest BCUT2D eigenvalue weighted by molar-refractivity contribution is 5.74. The van der Waals surface area contributed by atoms with Crippen LogP contribution < -0.4 is 5.73 Å². The molecule has 0 heterocycles. The number of carboxylic acid groups (broad SMARTS) is 1. The van der Waals surface area contributed by atoms with Crippen molar-refractivity contribution in [2.75, 3.05) is 46.2 Å². The summed E-state index contributed by atoms with van der Waals surface area (Å²) in [6.45, 7) is 7.37. The van der Waals surface area contributed by atoms with E-state index in [0.717, 1.165) is 19.4 Å². The van der Waals surface area contributed by atoms with Gasteiger partial charge >= 0.3 is 5.97 Å². The average molecular weight is 305 g/mol. The third-order valence-corrected chi connectivity index (χ3v) is 3.63. The summed E-state index contributed by atoms with van der Waals surface area (Å²) in [6.07, 6.45) is 3.14. The molecule has 0 spiro atoms. The minimum absolute atomic E-state index is 0.133. The Balaban J connectivity index is 3.49. The Morgan fingerprint density at radius 2 is 1.52 bits per heavy atom. The lowest BCUT2D eigenvalue weighted by Crippen LogP contribution is -2.39. The fraction of sp³-hybridized carbons (Fsp3) is 0.933. The zero-order chi connectivity index (χ0) is 16.0. The van der Waals surface area contributed by atoms with Crippen LogP contribution in [0.15, 0.2) is 0 Å². The Bertz CT molecular complexity index is 256. The quantitative estimate of drug-likeness (QED) is 0.447. The largest absolute Gasteiger partial charge is 0.481 e. The number of unbranched alkanes of at least 4 members (excludes halogenated alkanes) is 1. The van der Waals surface area contributed by atoms with Crippen LogP contribution in [0.25, 0.3) is 0 Å². The molecule has 3 N–H and O–H groups in total. The van der Waals surface area contributed by atoms with Crippen molar-refractivity contribution in [1.82, 2.24) is 0 Å². The summed E-state index contributed by atoms with van der Waals surface area (Å²) in [5, 5.41) is 9.21. The average Bonchev–Trinajstić information content (AvgIpc) is 2.49. The first-order valence-electron chi connectivity index (χ1n) is 7.79. The zero-order valence-corrected chi connectivity index (χ0v) is 13.4. The van der Waals surface area contributed by atoms with Gasteiger partial charge in [0.1, 0.15) is 0 Å². The van der Waals surface area contributed by atoms with Crippen LogP contribution in [0.5, 0.6) is 0 Å². The molecule has 0 radical (unpaired) electrons. The van der Waals surface area contributed by atoms with Crippen molar-refractivity contribution in [3.05, 3.63) is 0 Å². The summed E-state index contributed by atoms with van der Waals surface area (Å²) in [5.41, 5.74) is 4.71. The van der Waals surface area contributed by atoms with Crippen molar-refractivity contribution in [2.45, 2.75) is 39.5 Å². The molecule has 0 aromatic rings. The number of aliphatic carboxylic acids is 1. The van der Waals surface area contributed by atoms with Gasteiger partial charge in [-0.1, -0.05) is 20.3 Å². The van der Waals surface area contributed by atoms with Crippen LogP contribution in [-0.4, -0.2) is 57.3 Å². The molecular weight excluding hydrogens is 274 g/mol. The van der Waals surface area contributed by atoms with Crippen molar-refractivity contribution < 1.29 is 24.1 Å². The van der Waals surface area contributed by atoms with Gasteiger partial charge in [-0.3, -0.25) is 4.79 Å². The lowest BCUT2D eigenvalue weighted by atomic mass is 9.82. The monoisotopic (exact) mass is 305 g/mol. The molecule has 1 atom stereocenters. The molecule has 6 heteroatoms. The Kier molecular flexibility index (Phi) is 12.6. The van der Waals surface area contributed by atoms with Crippen LogP contribution in [0.1, 0.15) is 39.5 Å². The van der Waals surface area contributed by atoms with Crippen LogP contribution >= 0.6 is 0 Å². The number of carboxylic acids is 1. The van der Waals surface area contributed by atoms with E-state index in [1.165, 1.54) is 0 Å². The SMILES string of the molecule is CCCCOCCOCCOCCC(CC)(CN)C(=O)O. The molecule has 0 aromatic carbocycles. The van der Waals surface area contributed by atoms with Crippen LogP contribution in [0.2, 0.25) is 0 Å². The van der Waals surface area contributed by atoms with Crippen molar-refractivity contribution in [2.24, 2.45) is 11.1 Å². The summed E-state index contributed by atoms with van der Waals surface area (Å²) in [4.78, 5) is 11.2. The van der Waals surface area contributed by atoms with Gasteiger partial charge in [0.05, 0.1) is 31.8 Å². The topological polar surface area (TPSA) is 91.0 Å². The third-order valence-electron chi connectivity index (χ3n) is 3.63. The van der Waals surface area contributed by atoms with E-state index in [9.17, 15) is 9.90 Å². The predicted molar refractivity (Wildman–Crippen MR) is 81.4 cm³/mol. The molecule has 21 heavy (non-hydrogen) atoms. The Morgan fingerprint density at radius 3 is 1.95 bits per heavy atom. The second kappa shape index (κ2) is 13.0. The van der Waals surface area contributed by atoms with Gasteiger partial charge in [-0.05, 0) is 19.3 Å². The first-order valence-corrected chi connectivity index (χ1v) is 7.79. The Labute approximate surface area is 127 Å². The summed E-state index contributed by atoms with van der Waals surface area (Å²) >= 11 is 0. The molecule has 0 amide bonds. The van der Waals surface area contributed by atoms with Gasteiger partial charge in [-0.15, -0.1) is 0 Å². The minimum Gasteiger partial charge on any atom is -0.481 e. The van der Waals surface area contributed by atoms with Crippen LogP contribution in [0.4, 0.5) is 0 Å². The van der Waals surface area contributed by atoms with Gasteiger partial charge in [0.2, 0.25) is 0 Å². The molecule has 1 unspecified atom stereocenters. The molecule has 126 valence electrons. The Hall–Kier alpha value is -0.690. The molecule has 0 aliphatic rings. The second-order valence-corrected chi connectivity index (χ2v) is 5.08. The number of hydrogen-bond donors (Lipinski definition) is 2. The maximum Gasteiger partial charge on any atom is 0.310 e. The number of carbonyl (C=O) groups is 1. The molecular formula is C15H31NO5. The Morgan fingerprint density at radius 1 is 1.00 bits per heavy atom. The van der Waals surface area contributed by atoms with Gasteiger partial charge in [0.25, 0.3) is 0 Å². The van der Waals surface area contributed by atoms with Crippen molar-refractivity contribution in [3.63, 3.8) is 0 Å². The van der Waals surface area contributed by atoms with E-state index >= 15 is 0 Å². The second-order valence-electron chi connectivity index (χ2n) is 5.08. The summed E-state index contributed by atoms with van der Waals surface area (Å²) in [7, 11) is 0. The summed E-state index contributed by atoms with van der Waals surface area (Å²) in [6, 6.07) is 0. The van der Waals surface area contributed by atoms with E-state index in [-0.39, 0.29) is 6.54 Å². The molecule has 0 rings (SSSR count). The standard InChI is InChI=1S/C15H31NO5/c1-3-5-7-19-9-11-21-12-10-20-8-6-15(4-2,13-16)14(17)18/h3-13,16H2,1-2H3,(H,17,18). The van der Waals surface area contributed by atoms with Gasteiger partial charge in [0, 0.05) is 19.8 Å². The summed E-state index contributed by atoms with van der Waals surface area (Å²) in [5.74, 6) is -0.850. The van der Waals surface area contributed by atoms with E-state index in [2.05, 4.69) is 6.92 Å². The number of nitrogens with two attached hydrogens (primary N) is 1. The molecule has 0 saturated heterocycles. The van der Waals surface area contributed by atoms with E-state index in [0.29, 0.717) is 45.9 Å². The normalized spacial score (nSPS) is 14.0. The number of hydrogen-bond acceptors (Lipinski definition) is 5. The molecule has 0 bridgehead atoms. The highest BCUT2D eigenvalue weighted by atomic mass is 16.5. The molecule has 0 aromatic heterocycles.